The van der Waals surface area contributed by atoms with Crippen LogP contribution in [0.1, 0.15) is 31.2 Å². The smallest absolute Gasteiger partial charge is 0.264 e. The van der Waals surface area contributed by atoms with Gasteiger partial charge in [0.1, 0.15) is 5.75 Å². The molecule has 1 unspecified atom stereocenters. The SMILES string of the molecule is NCCN(C(=O)C1Cc2ccccc2O1)C1CCCC1. The minimum absolute atomic E-state index is 0.110. The van der Waals surface area contributed by atoms with Crippen LogP contribution >= 0.6 is 0 Å². The van der Waals surface area contributed by atoms with E-state index in [0.717, 1.165) is 24.2 Å². The van der Waals surface area contributed by atoms with Crippen LogP contribution in [-0.2, 0) is 11.2 Å². The van der Waals surface area contributed by atoms with Crippen molar-refractivity contribution in [2.45, 2.75) is 44.2 Å². The number of para-hydroxylation sites is 1. The van der Waals surface area contributed by atoms with E-state index in [-0.39, 0.29) is 12.0 Å². The molecule has 2 N–H and O–H groups in total. The van der Waals surface area contributed by atoms with E-state index in [1.165, 1.54) is 12.8 Å². The second-order valence-corrected chi connectivity index (χ2v) is 5.68. The van der Waals surface area contributed by atoms with Crippen molar-refractivity contribution >= 4 is 5.91 Å². The molecule has 108 valence electrons. The van der Waals surface area contributed by atoms with Crippen LogP contribution in [0.4, 0.5) is 0 Å². The van der Waals surface area contributed by atoms with Crippen LogP contribution in [0, 0.1) is 0 Å². The molecule has 20 heavy (non-hydrogen) atoms. The third kappa shape index (κ3) is 2.52. The number of hydrogen-bond acceptors (Lipinski definition) is 3. The largest absolute Gasteiger partial charge is 0.480 e. The molecular weight excluding hydrogens is 252 g/mol. The van der Waals surface area contributed by atoms with Crippen LogP contribution in [0.2, 0.25) is 0 Å². The number of hydrogen-bond donors (Lipinski definition) is 1. The second kappa shape index (κ2) is 5.83. The average Bonchev–Trinajstić information content (AvgIpc) is 3.12. The Kier molecular flexibility index (Phi) is 3.92. The molecule has 1 aliphatic carbocycles. The molecule has 1 aliphatic heterocycles. The molecule has 1 aromatic rings. The summed E-state index contributed by atoms with van der Waals surface area (Å²) in [5, 5.41) is 0. The molecule has 1 saturated carbocycles. The highest BCUT2D eigenvalue weighted by Crippen LogP contribution is 2.31. The first-order valence-electron chi connectivity index (χ1n) is 7.54. The van der Waals surface area contributed by atoms with Gasteiger partial charge in [-0.3, -0.25) is 4.79 Å². The Morgan fingerprint density at radius 2 is 2.05 bits per heavy atom. The van der Waals surface area contributed by atoms with Crippen molar-refractivity contribution in [1.82, 2.24) is 4.90 Å². The summed E-state index contributed by atoms with van der Waals surface area (Å²) in [5.74, 6) is 0.962. The number of ether oxygens (including phenoxy) is 1. The summed E-state index contributed by atoms with van der Waals surface area (Å²) in [6.07, 6.45) is 4.95. The molecule has 1 amide bonds. The molecule has 0 aromatic heterocycles. The van der Waals surface area contributed by atoms with Crippen molar-refractivity contribution in [1.29, 1.82) is 0 Å². The summed E-state index contributed by atoms with van der Waals surface area (Å²) in [4.78, 5) is 14.7. The number of carbonyl (C=O) groups excluding carboxylic acids is 1. The molecule has 0 spiro atoms. The molecule has 0 saturated heterocycles. The zero-order valence-electron chi connectivity index (χ0n) is 11.8. The summed E-state index contributed by atoms with van der Waals surface area (Å²) in [7, 11) is 0. The van der Waals surface area contributed by atoms with Crippen LogP contribution in [-0.4, -0.2) is 36.0 Å². The molecule has 0 bridgehead atoms. The lowest BCUT2D eigenvalue weighted by Crippen LogP contribution is -2.48. The highest BCUT2D eigenvalue weighted by molar-refractivity contribution is 5.83. The van der Waals surface area contributed by atoms with Crippen LogP contribution < -0.4 is 10.5 Å². The molecular formula is C16H22N2O2. The van der Waals surface area contributed by atoms with E-state index < -0.39 is 0 Å². The molecule has 2 aliphatic rings. The van der Waals surface area contributed by atoms with Crippen LogP contribution in [0.25, 0.3) is 0 Å². The molecule has 4 nitrogen and oxygen atoms in total. The van der Waals surface area contributed by atoms with Gasteiger partial charge in [-0.1, -0.05) is 31.0 Å². The van der Waals surface area contributed by atoms with Gasteiger partial charge in [-0.05, 0) is 24.5 Å². The summed E-state index contributed by atoms with van der Waals surface area (Å²) >= 11 is 0. The van der Waals surface area contributed by atoms with Crippen LogP contribution in [0.15, 0.2) is 24.3 Å². The normalized spacial score (nSPS) is 21.6. The summed E-state index contributed by atoms with van der Waals surface area (Å²) in [5.41, 5.74) is 6.81. The quantitative estimate of drug-likeness (QED) is 0.909. The molecule has 1 fully saturated rings. The Bertz CT molecular complexity index is 458. The van der Waals surface area contributed by atoms with Crippen LogP contribution in [0.3, 0.4) is 0 Å². The van der Waals surface area contributed by atoms with Crippen molar-refractivity contribution < 1.29 is 9.53 Å². The third-order valence-corrected chi connectivity index (χ3v) is 4.34. The Labute approximate surface area is 119 Å². The van der Waals surface area contributed by atoms with Crippen molar-refractivity contribution in [3.8, 4) is 5.75 Å². The Morgan fingerprint density at radius 1 is 1.30 bits per heavy atom. The van der Waals surface area contributed by atoms with E-state index in [1.807, 2.05) is 29.2 Å². The molecule has 3 rings (SSSR count). The average molecular weight is 274 g/mol. The summed E-state index contributed by atoms with van der Waals surface area (Å²) in [6, 6.07) is 8.26. The van der Waals surface area contributed by atoms with Gasteiger partial charge in [0.2, 0.25) is 0 Å². The van der Waals surface area contributed by atoms with Crippen molar-refractivity contribution in [2.24, 2.45) is 5.73 Å². The number of benzene rings is 1. The predicted octanol–water partition coefficient (Wildman–Crippen LogP) is 1.72. The van der Waals surface area contributed by atoms with E-state index in [1.54, 1.807) is 0 Å². The number of nitrogens with zero attached hydrogens (tertiary/aromatic N) is 1. The fraction of sp³-hybridized carbons (Fsp3) is 0.562. The zero-order chi connectivity index (χ0) is 13.9. The first-order chi connectivity index (χ1) is 9.79. The second-order valence-electron chi connectivity index (χ2n) is 5.68. The summed E-state index contributed by atoms with van der Waals surface area (Å²) in [6.45, 7) is 1.15. The Morgan fingerprint density at radius 3 is 2.75 bits per heavy atom. The first kappa shape index (κ1) is 13.4. The van der Waals surface area contributed by atoms with E-state index in [9.17, 15) is 4.79 Å². The van der Waals surface area contributed by atoms with Gasteiger partial charge >= 0.3 is 0 Å². The van der Waals surface area contributed by atoms with Crippen molar-refractivity contribution in [2.75, 3.05) is 13.1 Å². The lowest BCUT2D eigenvalue weighted by Gasteiger charge is -2.30. The van der Waals surface area contributed by atoms with E-state index in [2.05, 4.69) is 0 Å². The van der Waals surface area contributed by atoms with Gasteiger partial charge < -0.3 is 15.4 Å². The number of carbonyl (C=O) groups is 1. The van der Waals surface area contributed by atoms with Crippen LogP contribution in [0.5, 0.6) is 5.75 Å². The maximum atomic E-state index is 12.7. The highest BCUT2D eigenvalue weighted by Gasteiger charge is 2.35. The number of nitrogens with two attached hydrogens (primary N) is 1. The van der Waals surface area contributed by atoms with Crippen molar-refractivity contribution in [3.63, 3.8) is 0 Å². The van der Waals surface area contributed by atoms with Gasteiger partial charge in [-0.15, -0.1) is 0 Å². The molecule has 1 aromatic carbocycles. The molecule has 4 heteroatoms. The van der Waals surface area contributed by atoms with E-state index in [4.69, 9.17) is 10.5 Å². The maximum absolute atomic E-state index is 12.7. The molecule has 0 radical (unpaired) electrons. The fourth-order valence-corrected chi connectivity index (χ4v) is 3.33. The van der Waals surface area contributed by atoms with Gasteiger partial charge in [0, 0.05) is 25.6 Å². The maximum Gasteiger partial charge on any atom is 0.264 e. The lowest BCUT2D eigenvalue weighted by molar-refractivity contribution is -0.140. The third-order valence-electron chi connectivity index (χ3n) is 4.34. The lowest BCUT2D eigenvalue weighted by atomic mass is 10.1. The van der Waals surface area contributed by atoms with Gasteiger partial charge in [-0.25, -0.2) is 0 Å². The number of amides is 1. The first-order valence-corrected chi connectivity index (χ1v) is 7.54. The van der Waals surface area contributed by atoms with Gasteiger partial charge in [-0.2, -0.15) is 0 Å². The Hall–Kier alpha value is -1.55. The minimum Gasteiger partial charge on any atom is -0.480 e. The van der Waals surface area contributed by atoms with E-state index >= 15 is 0 Å². The predicted molar refractivity (Wildman–Crippen MR) is 77.6 cm³/mol. The summed E-state index contributed by atoms with van der Waals surface area (Å²) < 4.78 is 5.82. The number of fused-ring (bicyclic) bond motifs is 1. The monoisotopic (exact) mass is 274 g/mol. The minimum atomic E-state index is -0.362. The molecule has 1 heterocycles. The zero-order valence-corrected chi connectivity index (χ0v) is 11.8. The van der Waals surface area contributed by atoms with Crippen molar-refractivity contribution in [3.05, 3.63) is 29.8 Å². The van der Waals surface area contributed by atoms with Gasteiger partial charge in [0.05, 0.1) is 0 Å². The topological polar surface area (TPSA) is 55.6 Å². The Balaban J connectivity index is 1.71. The highest BCUT2D eigenvalue weighted by atomic mass is 16.5. The van der Waals surface area contributed by atoms with Gasteiger partial charge in [0.15, 0.2) is 6.10 Å². The fourth-order valence-electron chi connectivity index (χ4n) is 3.33. The van der Waals surface area contributed by atoms with E-state index in [0.29, 0.717) is 25.6 Å². The standard InChI is InChI=1S/C16H22N2O2/c17-9-10-18(13-6-2-3-7-13)16(19)15-11-12-5-1-4-8-14(12)20-15/h1,4-5,8,13,15H,2-3,6-7,9-11,17H2. The molecule has 1 atom stereocenters. The van der Waals surface area contributed by atoms with Gasteiger partial charge in [0.25, 0.3) is 5.91 Å². The number of rotatable bonds is 4.